The highest BCUT2D eigenvalue weighted by Crippen LogP contribution is 2.26. The molecule has 98 valence electrons. The Morgan fingerprint density at radius 1 is 1.56 bits per heavy atom. The number of benzene rings is 1. The first-order valence-electron chi connectivity index (χ1n) is 4.99. The van der Waals surface area contributed by atoms with Crippen molar-refractivity contribution in [3.8, 4) is 5.75 Å². The molecule has 0 aliphatic rings. The summed E-state index contributed by atoms with van der Waals surface area (Å²) >= 11 is 0. The zero-order chi connectivity index (χ0) is 13.5. The standard InChI is InChI=1S/C10H13N3O5/c1-17-6-9(10(14)12-11)18-8-5-3-2-4-7(8)13(15)16/h2-5,9H,6,11H2,1H3,(H,12,14). The summed E-state index contributed by atoms with van der Waals surface area (Å²) in [6.45, 7) is -0.0743. The number of carbonyl (C=O) groups excluding carboxylic acids is 1. The summed E-state index contributed by atoms with van der Waals surface area (Å²) in [7, 11) is 1.37. The Hall–Kier alpha value is -2.19. The van der Waals surface area contributed by atoms with E-state index >= 15 is 0 Å². The molecule has 1 aromatic rings. The molecule has 1 aromatic carbocycles. The molecule has 0 fully saturated rings. The van der Waals surface area contributed by atoms with Crippen LogP contribution in [0.25, 0.3) is 0 Å². The molecule has 0 saturated heterocycles. The fraction of sp³-hybridized carbons (Fsp3) is 0.300. The Bertz CT molecular complexity index is 437. The number of nitrogens with zero attached hydrogens (tertiary/aromatic N) is 1. The Morgan fingerprint density at radius 3 is 2.78 bits per heavy atom. The van der Waals surface area contributed by atoms with Gasteiger partial charge in [-0.15, -0.1) is 0 Å². The third-order valence-corrected chi connectivity index (χ3v) is 2.08. The zero-order valence-electron chi connectivity index (χ0n) is 9.66. The van der Waals surface area contributed by atoms with Gasteiger partial charge in [-0.2, -0.15) is 0 Å². The molecule has 0 aromatic heterocycles. The number of methoxy groups -OCH3 is 1. The second-order valence-corrected chi connectivity index (χ2v) is 3.30. The van der Waals surface area contributed by atoms with Crippen LogP contribution in [-0.2, 0) is 9.53 Å². The number of nitrogens with two attached hydrogens (primary N) is 1. The number of carbonyl (C=O) groups is 1. The summed E-state index contributed by atoms with van der Waals surface area (Å²) in [4.78, 5) is 21.5. The van der Waals surface area contributed by atoms with Crippen LogP contribution in [0.5, 0.6) is 5.75 Å². The molecule has 0 radical (unpaired) electrons. The summed E-state index contributed by atoms with van der Waals surface area (Å²) in [5.74, 6) is 4.34. The first-order valence-corrected chi connectivity index (χ1v) is 4.99. The highest BCUT2D eigenvalue weighted by atomic mass is 16.6. The van der Waals surface area contributed by atoms with Crippen LogP contribution in [0.1, 0.15) is 0 Å². The highest BCUT2D eigenvalue weighted by Gasteiger charge is 2.23. The lowest BCUT2D eigenvalue weighted by atomic mass is 10.3. The number of para-hydroxylation sites is 2. The number of amides is 1. The third-order valence-electron chi connectivity index (χ3n) is 2.08. The number of nitro benzene ring substituents is 1. The Morgan fingerprint density at radius 2 is 2.22 bits per heavy atom. The van der Waals surface area contributed by atoms with E-state index in [2.05, 4.69) is 0 Å². The molecule has 0 aliphatic carbocycles. The normalized spacial score (nSPS) is 11.7. The molecule has 0 heterocycles. The van der Waals surface area contributed by atoms with E-state index in [0.717, 1.165) is 0 Å². The van der Waals surface area contributed by atoms with E-state index in [9.17, 15) is 14.9 Å². The van der Waals surface area contributed by atoms with Crippen LogP contribution in [-0.4, -0.2) is 30.7 Å². The van der Waals surface area contributed by atoms with Gasteiger partial charge in [0.25, 0.3) is 5.91 Å². The summed E-state index contributed by atoms with van der Waals surface area (Å²) in [5, 5.41) is 10.8. The van der Waals surface area contributed by atoms with Crippen molar-refractivity contribution in [2.24, 2.45) is 5.84 Å². The van der Waals surface area contributed by atoms with E-state index < -0.39 is 16.9 Å². The van der Waals surface area contributed by atoms with Crippen molar-refractivity contribution in [3.63, 3.8) is 0 Å². The first kappa shape index (κ1) is 13.9. The van der Waals surface area contributed by atoms with Crippen molar-refractivity contribution < 1.29 is 19.2 Å². The smallest absolute Gasteiger partial charge is 0.310 e. The average Bonchev–Trinajstić information content (AvgIpc) is 2.37. The van der Waals surface area contributed by atoms with Gasteiger partial charge in [-0.25, -0.2) is 5.84 Å². The van der Waals surface area contributed by atoms with Gasteiger partial charge in [-0.05, 0) is 6.07 Å². The first-order chi connectivity index (χ1) is 8.60. The highest BCUT2D eigenvalue weighted by molar-refractivity contribution is 5.80. The number of hydrazine groups is 1. The number of rotatable bonds is 6. The second-order valence-electron chi connectivity index (χ2n) is 3.30. The van der Waals surface area contributed by atoms with Gasteiger partial charge < -0.3 is 9.47 Å². The molecule has 0 bridgehead atoms. The van der Waals surface area contributed by atoms with Crippen LogP contribution in [0.2, 0.25) is 0 Å². The van der Waals surface area contributed by atoms with Crippen LogP contribution >= 0.6 is 0 Å². The number of nitro groups is 1. The number of nitrogens with one attached hydrogen (secondary N) is 1. The Kier molecular flexibility index (Phi) is 5.03. The summed E-state index contributed by atoms with van der Waals surface area (Å²) < 4.78 is 10.0. The maximum Gasteiger partial charge on any atom is 0.310 e. The molecule has 1 atom stereocenters. The fourth-order valence-electron chi connectivity index (χ4n) is 1.27. The van der Waals surface area contributed by atoms with Gasteiger partial charge in [0, 0.05) is 13.2 Å². The Labute approximate surface area is 103 Å². The summed E-state index contributed by atoms with van der Waals surface area (Å²) in [5.41, 5.74) is 1.67. The molecule has 0 aliphatic heterocycles. The van der Waals surface area contributed by atoms with Gasteiger partial charge in [0.15, 0.2) is 5.75 Å². The monoisotopic (exact) mass is 255 g/mol. The zero-order valence-corrected chi connectivity index (χ0v) is 9.66. The molecule has 18 heavy (non-hydrogen) atoms. The predicted octanol–water partition coefficient (Wildman–Crippen LogP) is -0.0215. The van der Waals surface area contributed by atoms with E-state index in [1.54, 1.807) is 6.07 Å². The minimum absolute atomic E-state index is 0.0202. The lowest BCUT2D eigenvalue weighted by Crippen LogP contribution is -2.44. The molecule has 8 heteroatoms. The van der Waals surface area contributed by atoms with Gasteiger partial charge >= 0.3 is 5.69 Å². The number of hydrogen-bond donors (Lipinski definition) is 2. The van der Waals surface area contributed by atoms with Gasteiger partial charge in [0.2, 0.25) is 6.10 Å². The van der Waals surface area contributed by atoms with Crippen LogP contribution in [0.3, 0.4) is 0 Å². The maximum absolute atomic E-state index is 11.4. The SMILES string of the molecule is COCC(Oc1ccccc1[N+](=O)[O-])C(=O)NN. The lowest BCUT2D eigenvalue weighted by Gasteiger charge is -2.16. The number of hydrogen-bond acceptors (Lipinski definition) is 6. The van der Waals surface area contributed by atoms with Crippen molar-refractivity contribution >= 4 is 11.6 Å². The lowest BCUT2D eigenvalue weighted by molar-refractivity contribution is -0.386. The molecule has 0 saturated carbocycles. The van der Waals surface area contributed by atoms with Gasteiger partial charge in [-0.1, -0.05) is 12.1 Å². The van der Waals surface area contributed by atoms with E-state index in [-0.39, 0.29) is 18.0 Å². The molecule has 1 amide bonds. The molecule has 8 nitrogen and oxygen atoms in total. The number of ether oxygens (including phenoxy) is 2. The Balaban J connectivity index is 2.93. The second kappa shape index (κ2) is 6.52. The minimum atomic E-state index is -1.05. The van der Waals surface area contributed by atoms with E-state index in [0.29, 0.717) is 0 Å². The van der Waals surface area contributed by atoms with Crippen molar-refractivity contribution in [2.45, 2.75) is 6.10 Å². The maximum atomic E-state index is 11.4. The molecule has 1 rings (SSSR count). The van der Waals surface area contributed by atoms with Crippen molar-refractivity contribution in [3.05, 3.63) is 34.4 Å². The van der Waals surface area contributed by atoms with Gasteiger partial charge in [0.05, 0.1) is 11.5 Å². The quantitative estimate of drug-likeness (QED) is 0.319. The average molecular weight is 255 g/mol. The molecular weight excluding hydrogens is 242 g/mol. The van der Waals surface area contributed by atoms with Crippen LogP contribution in [0.15, 0.2) is 24.3 Å². The van der Waals surface area contributed by atoms with Crippen molar-refractivity contribution in [1.29, 1.82) is 0 Å². The molecule has 0 spiro atoms. The summed E-state index contributed by atoms with van der Waals surface area (Å²) in [6, 6.07) is 5.73. The third kappa shape index (κ3) is 3.40. The van der Waals surface area contributed by atoms with Crippen LogP contribution in [0.4, 0.5) is 5.69 Å². The largest absolute Gasteiger partial charge is 0.471 e. The fourth-order valence-corrected chi connectivity index (χ4v) is 1.27. The topological polar surface area (TPSA) is 117 Å². The molecular formula is C10H13N3O5. The predicted molar refractivity (Wildman–Crippen MR) is 61.7 cm³/mol. The van der Waals surface area contributed by atoms with Gasteiger partial charge in [-0.3, -0.25) is 20.3 Å². The van der Waals surface area contributed by atoms with Crippen molar-refractivity contribution in [1.82, 2.24) is 5.43 Å². The molecule has 1 unspecified atom stereocenters. The van der Waals surface area contributed by atoms with Gasteiger partial charge in [0.1, 0.15) is 0 Å². The molecule has 3 N–H and O–H groups in total. The van der Waals surface area contributed by atoms with Crippen LogP contribution < -0.4 is 16.0 Å². The van der Waals surface area contributed by atoms with Crippen molar-refractivity contribution in [2.75, 3.05) is 13.7 Å². The van der Waals surface area contributed by atoms with Crippen LogP contribution in [0, 0.1) is 10.1 Å². The van der Waals surface area contributed by atoms with E-state index in [1.807, 2.05) is 5.43 Å². The minimum Gasteiger partial charge on any atom is -0.471 e. The van der Waals surface area contributed by atoms with E-state index in [4.69, 9.17) is 15.3 Å². The summed E-state index contributed by atoms with van der Waals surface area (Å²) in [6.07, 6.45) is -1.05. The van der Waals surface area contributed by atoms with E-state index in [1.165, 1.54) is 25.3 Å².